The number of nitrogens with one attached hydrogen (secondary N) is 2. The Kier molecular flexibility index (Phi) is 5.46. The van der Waals surface area contributed by atoms with Crippen molar-refractivity contribution in [2.75, 3.05) is 4.72 Å². The van der Waals surface area contributed by atoms with Crippen molar-refractivity contribution < 1.29 is 14.5 Å². The van der Waals surface area contributed by atoms with Crippen LogP contribution in [0.2, 0.25) is 0 Å². The normalized spacial score (nSPS) is 19.4. The summed E-state index contributed by atoms with van der Waals surface area (Å²) in [5, 5.41) is 13.5. The molecule has 0 aromatic heterocycles. The van der Waals surface area contributed by atoms with Crippen molar-refractivity contribution in [3.8, 4) is 0 Å². The number of anilines is 1. The van der Waals surface area contributed by atoms with Crippen LogP contribution in [-0.2, 0) is 15.0 Å². The fourth-order valence-corrected chi connectivity index (χ4v) is 3.99. The average molecular weight is 385 g/mol. The van der Waals surface area contributed by atoms with E-state index in [1.807, 2.05) is 31.2 Å². The van der Waals surface area contributed by atoms with Crippen molar-refractivity contribution >= 4 is 35.1 Å². The van der Waals surface area contributed by atoms with Gasteiger partial charge in [0.25, 0.3) is 5.69 Å². The molecule has 1 atom stereocenters. The predicted octanol–water partition coefficient (Wildman–Crippen LogP) is 3.80. The van der Waals surface area contributed by atoms with Gasteiger partial charge in [0.05, 0.1) is 10.3 Å². The van der Waals surface area contributed by atoms with Crippen molar-refractivity contribution in [1.29, 1.82) is 0 Å². The van der Waals surface area contributed by atoms with Crippen molar-refractivity contribution in [2.24, 2.45) is 0 Å². The SMILES string of the molecule is CCC1(c2ccc(NSc3ccccc3[N+](=O)[O-])cc2)CCC(=O)NC1=O. The third-order valence-electron chi connectivity index (χ3n) is 4.85. The van der Waals surface area contributed by atoms with Gasteiger partial charge in [0, 0.05) is 18.2 Å². The standard InChI is InChI=1S/C19H19N3O4S/c1-2-19(12-11-17(23)20-18(19)24)13-7-9-14(10-8-13)21-27-16-6-4-3-5-15(16)22(25)26/h3-10,21H,2,11-12H2,1H3,(H,20,23,24). The highest BCUT2D eigenvalue weighted by Crippen LogP contribution is 2.37. The number of imide groups is 1. The summed E-state index contributed by atoms with van der Waals surface area (Å²) in [6, 6.07) is 13.9. The van der Waals surface area contributed by atoms with Crippen molar-refractivity contribution in [1.82, 2.24) is 5.32 Å². The van der Waals surface area contributed by atoms with E-state index in [1.54, 1.807) is 18.2 Å². The molecule has 1 heterocycles. The molecule has 140 valence electrons. The molecule has 3 rings (SSSR count). The second-order valence-corrected chi connectivity index (χ2v) is 7.17. The van der Waals surface area contributed by atoms with E-state index in [4.69, 9.17) is 0 Å². The molecule has 27 heavy (non-hydrogen) atoms. The molecule has 0 saturated carbocycles. The van der Waals surface area contributed by atoms with E-state index in [9.17, 15) is 19.7 Å². The first-order chi connectivity index (χ1) is 13.0. The van der Waals surface area contributed by atoms with Gasteiger partial charge in [-0.05, 0) is 48.6 Å². The summed E-state index contributed by atoms with van der Waals surface area (Å²) in [6.07, 6.45) is 1.42. The van der Waals surface area contributed by atoms with Crippen molar-refractivity contribution in [3.63, 3.8) is 0 Å². The van der Waals surface area contributed by atoms with Crippen LogP contribution in [0.3, 0.4) is 0 Å². The summed E-state index contributed by atoms with van der Waals surface area (Å²) in [4.78, 5) is 35.1. The largest absolute Gasteiger partial charge is 0.325 e. The molecule has 0 bridgehead atoms. The first-order valence-electron chi connectivity index (χ1n) is 8.57. The van der Waals surface area contributed by atoms with Gasteiger partial charge < -0.3 is 4.72 Å². The van der Waals surface area contributed by atoms with Crippen LogP contribution < -0.4 is 10.0 Å². The lowest BCUT2D eigenvalue weighted by molar-refractivity contribution is -0.387. The molecule has 2 aromatic rings. The second kappa shape index (κ2) is 7.79. The quantitative estimate of drug-likeness (QED) is 0.339. The summed E-state index contributed by atoms with van der Waals surface area (Å²) in [5.74, 6) is -0.487. The van der Waals surface area contributed by atoms with Crippen LogP contribution in [0.25, 0.3) is 0 Å². The van der Waals surface area contributed by atoms with Gasteiger partial charge in [0.2, 0.25) is 11.8 Å². The van der Waals surface area contributed by atoms with Gasteiger partial charge in [0.1, 0.15) is 4.90 Å². The lowest BCUT2D eigenvalue weighted by Gasteiger charge is -2.35. The van der Waals surface area contributed by atoms with Crippen molar-refractivity contribution in [3.05, 3.63) is 64.2 Å². The van der Waals surface area contributed by atoms with E-state index >= 15 is 0 Å². The minimum atomic E-state index is -0.697. The van der Waals surface area contributed by atoms with E-state index in [2.05, 4.69) is 10.0 Å². The minimum Gasteiger partial charge on any atom is -0.325 e. The molecule has 1 saturated heterocycles. The average Bonchev–Trinajstić information content (AvgIpc) is 2.67. The summed E-state index contributed by atoms with van der Waals surface area (Å²) in [5.41, 5.74) is 0.967. The summed E-state index contributed by atoms with van der Waals surface area (Å²) in [7, 11) is 0. The minimum absolute atomic E-state index is 0.0418. The Hall–Kier alpha value is -2.87. The number of piperidine rings is 1. The summed E-state index contributed by atoms with van der Waals surface area (Å²) < 4.78 is 3.09. The maximum atomic E-state index is 12.4. The number of nitrogens with zero attached hydrogens (tertiary/aromatic N) is 1. The molecule has 1 aliphatic heterocycles. The second-order valence-electron chi connectivity index (χ2n) is 6.32. The molecule has 1 unspecified atom stereocenters. The molecule has 8 heteroatoms. The number of para-hydroxylation sites is 1. The Labute approximate surface area is 160 Å². The monoisotopic (exact) mass is 385 g/mol. The Bertz CT molecular complexity index is 885. The third-order valence-corrected chi connectivity index (χ3v) is 5.75. The van der Waals surface area contributed by atoms with E-state index in [1.165, 1.54) is 6.07 Å². The Balaban J connectivity index is 1.75. The molecule has 1 aliphatic rings. The Morgan fingerprint density at radius 1 is 1.19 bits per heavy atom. The number of nitro benzene ring substituents is 1. The molecule has 7 nitrogen and oxygen atoms in total. The van der Waals surface area contributed by atoms with Crippen LogP contribution in [0.5, 0.6) is 0 Å². The number of carbonyl (C=O) groups excluding carboxylic acids is 2. The van der Waals surface area contributed by atoms with Crippen LogP contribution in [0.4, 0.5) is 11.4 Å². The molecular formula is C19H19N3O4S. The fraction of sp³-hybridized carbons (Fsp3) is 0.263. The molecule has 0 aliphatic carbocycles. The zero-order chi connectivity index (χ0) is 19.4. The molecule has 2 aromatic carbocycles. The number of carbonyl (C=O) groups is 2. The van der Waals surface area contributed by atoms with Gasteiger partial charge in [-0.15, -0.1) is 0 Å². The van der Waals surface area contributed by atoms with Crippen LogP contribution in [0, 0.1) is 10.1 Å². The highest BCUT2D eigenvalue weighted by Gasteiger charge is 2.42. The molecular weight excluding hydrogens is 366 g/mol. The zero-order valence-corrected chi connectivity index (χ0v) is 15.5. The van der Waals surface area contributed by atoms with Gasteiger partial charge in [-0.3, -0.25) is 25.0 Å². The fourth-order valence-electron chi connectivity index (χ4n) is 3.23. The summed E-state index contributed by atoms with van der Waals surface area (Å²) >= 11 is 1.16. The van der Waals surface area contributed by atoms with Crippen LogP contribution in [0.15, 0.2) is 53.4 Å². The Morgan fingerprint density at radius 3 is 2.52 bits per heavy atom. The van der Waals surface area contributed by atoms with E-state index < -0.39 is 10.3 Å². The number of hydrogen-bond acceptors (Lipinski definition) is 6. The van der Waals surface area contributed by atoms with Gasteiger partial charge in [-0.1, -0.05) is 31.2 Å². The van der Waals surface area contributed by atoms with Gasteiger partial charge >= 0.3 is 0 Å². The highest BCUT2D eigenvalue weighted by atomic mass is 32.2. The smallest absolute Gasteiger partial charge is 0.284 e. The number of rotatable bonds is 6. The first-order valence-corrected chi connectivity index (χ1v) is 9.39. The number of nitro groups is 1. The van der Waals surface area contributed by atoms with Gasteiger partial charge in [0.15, 0.2) is 0 Å². The van der Waals surface area contributed by atoms with Crippen LogP contribution in [-0.4, -0.2) is 16.7 Å². The van der Waals surface area contributed by atoms with Crippen molar-refractivity contribution in [2.45, 2.75) is 36.5 Å². The highest BCUT2D eigenvalue weighted by molar-refractivity contribution is 8.00. The molecule has 2 amide bonds. The molecule has 0 spiro atoms. The van der Waals surface area contributed by atoms with E-state index in [-0.39, 0.29) is 17.5 Å². The maximum Gasteiger partial charge on any atom is 0.284 e. The maximum absolute atomic E-state index is 12.4. The molecule has 1 fully saturated rings. The van der Waals surface area contributed by atoms with Crippen LogP contribution >= 0.6 is 11.9 Å². The number of hydrogen-bond donors (Lipinski definition) is 2. The molecule has 0 radical (unpaired) electrons. The van der Waals surface area contributed by atoms with E-state index in [0.29, 0.717) is 24.2 Å². The van der Waals surface area contributed by atoms with E-state index in [0.717, 1.165) is 23.2 Å². The first kappa shape index (κ1) is 18.9. The van der Waals surface area contributed by atoms with Crippen LogP contribution in [0.1, 0.15) is 31.7 Å². The number of amides is 2. The summed E-state index contributed by atoms with van der Waals surface area (Å²) in [6.45, 7) is 1.94. The molecule has 2 N–H and O–H groups in total. The van der Waals surface area contributed by atoms with Gasteiger partial charge in [-0.25, -0.2) is 0 Å². The van der Waals surface area contributed by atoms with Gasteiger partial charge in [-0.2, -0.15) is 0 Å². The topological polar surface area (TPSA) is 101 Å². The number of benzene rings is 2. The lowest BCUT2D eigenvalue weighted by atomic mass is 9.72. The predicted molar refractivity (Wildman–Crippen MR) is 103 cm³/mol. The lowest BCUT2D eigenvalue weighted by Crippen LogP contribution is -2.51. The Morgan fingerprint density at radius 2 is 1.89 bits per heavy atom. The third kappa shape index (κ3) is 3.80. The zero-order valence-electron chi connectivity index (χ0n) is 14.7.